The van der Waals surface area contributed by atoms with Gasteiger partial charge in [0.2, 0.25) is 0 Å². The Morgan fingerprint density at radius 3 is 2.96 bits per heavy atom. The summed E-state index contributed by atoms with van der Waals surface area (Å²) < 4.78 is 5.42. The number of para-hydroxylation sites is 1. The van der Waals surface area contributed by atoms with Crippen LogP contribution >= 0.6 is 0 Å². The number of hydrogen-bond donors (Lipinski definition) is 1. The van der Waals surface area contributed by atoms with Gasteiger partial charge in [0.25, 0.3) is 5.91 Å². The Morgan fingerprint density at radius 1 is 1.35 bits per heavy atom. The Kier molecular flexibility index (Phi) is 4.25. The minimum Gasteiger partial charge on any atom is -0.481 e. The molecule has 1 fully saturated rings. The van der Waals surface area contributed by atoms with Gasteiger partial charge in [0.1, 0.15) is 0 Å². The van der Waals surface area contributed by atoms with E-state index in [-0.39, 0.29) is 18.9 Å². The van der Waals surface area contributed by atoms with Crippen LogP contribution in [0.1, 0.15) is 22.5 Å². The number of morpholine rings is 1. The standard InChI is InChI=1S/C17H18N2O4/c1-11-5-6-12-3-2-4-14(16(12)18-11)17(22)19-7-8-23-13(10-19)9-15(20)21/h2-6,13H,7-10H2,1H3,(H,20,21). The molecule has 1 atom stereocenters. The van der Waals surface area contributed by atoms with E-state index in [2.05, 4.69) is 4.98 Å². The molecule has 1 N–H and O–H groups in total. The monoisotopic (exact) mass is 314 g/mol. The molecule has 0 bridgehead atoms. The number of carbonyl (C=O) groups excluding carboxylic acids is 1. The number of ether oxygens (including phenoxy) is 1. The lowest BCUT2D eigenvalue weighted by Gasteiger charge is -2.32. The van der Waals surface area contributed by atoms with Gasteiger partial charge in [-0.05, 0) is 19.1 Å². The average Bonchev–Trinajstić information content (AvgIpc) is 2.53. The van der Waals surface area contributed by atoms with Gasteiger partial charge in [-0.3, -0.25) is 14.6 Å². The third kappa shape index (κ3) is 3.32. The van der Waals surface area contributed by atoms with E-state index in [4.69, 9.17) is 9.84 Å². The lowest BCUT2D eigenvalue weighted by atomic mass is 10.1. The van der Waals surface area contributed by atoms with Crippen LogP contribution in [0.2, 0.25) is 0 Å². The van der Waals surface area contributed by atoms with Gasteiger partial charge in [0.05, 0.1) is 30.2 Å². The highest BCUT2D eigenvalue weighted by atomic mass is 16.5. The summed E-state index contributed by atoms with van der Waals surface area (Å²) in [5.41, 5.74) is 2.07. The Hall–Kier alpha value is -2.47. The number of aromatic nitrogens is 1. The smallest absolute Gasteiger partial charge is 0.306 e. The summed E-state index contributed by atoms with van der Waals surface area (Å²) in [6.07, 6.45) is -0.564. The second-order valence-corrected chi connectivity index (χ2v) is 5.67. The van der Waals surface area contributed by atoms with E-state index >= 15 is 0 Å². The second-order valence-electron chi connectivity index (χ2n) is 5.67. The summed E-state index contributed by atoms with van der Waals surface area (Å²) in [4.78, 5) is 29.8. The zero-order valence-electron chi connectivity index (χ0n) is 12.9. The first kappa shape index (κ1) is 15.4. The number of aryl methyl sites for hydroxylation is 1. The SMILES string of the molecule is Cc1ccc2cccc(C(=O)N3CCOC(CC(=O)O)C3)c2n1. The van der Waals surface area contributed by atoms with Crippen molar-refractivity contribution in [2.24, 2.45) is 0 Å². The number of rotatable bonds is 3. The number of fused-ring (bicyclic) bond motifs is 1. The minimum absolute atomic E-state index is 0.101. The summed E-state index contributed by atoms with van der Waals surface area (Å²) in [6, 6.07) is 9.38. The third-order valence-electron chi connectivity index (χ3n) is 3.92. The van der Waals surface area contributed by atoms with Crippen molar-refractivity contribution in [2.45, 2.75) is 19.4 Å². The fraction of sp³-hybridized carbons (Fsp3) is 0.353. The lowest BCUT2D eigenvalue weighted by molar-refractivity contribution is -0.141. The Balaban J connectivity index is 1.88. The quantitative estimate of drug-likeness (QED) is 0.935. The average molecular weight is 314 g/mol. The van der Waals surface area contributed by atoms with Crippen LogP contribution in [-0.2, 0) is 9.53 Å². The number of aliphatic carboxylic acids is 1. The highest BCUT2D eigenvalue weighted by Gasteiger charge is 2.27. The zero-order valence-corrected chi connectivity index (χ0v) is 12.9. The van der Waals surface area contributed by atoms with Crippen molar-refractivity contribution in [3.8, 4) is 0 Å². The molecule has 2 aromatic rings. The Labute approximate surface area is 133 Å². The number of amides is 1. The predicted octanol–water partition coefficient (Wildman–Crippen LogP) is 1.86. The Bertz CT molecular complexity index is 759. The van der Waals surface area contributed by atoms with Crippen LogP contribution in [0.3, 0.4) is 0 Å². The lowest BCUT2D eigenvalue weighted by Crippen LogP contribution is -2.46. The maximum atomic E-state index is 12.8. The molecule has 1 saturated heterocycles. The second kappa shape index (κ2) is 6.34. The highest BCUT2D eigenvalue weighted by Crippen LogP contribution is 2.20. The van der Waals surface area contributed by atoms with Crippen molar-refractivity contribution in [1.29, 1.82) is 0 Å². The van der Waals surface area contributed by atoms with Crippen LogP contribution in [0.15, 0.2) is 30.3 Å². The van der Waals surface area contributed by atoms with Crippen LogP contribution in [0.25, 0.3) is 10.9 Å². The van der Waals surface area contributed by atoms with Crippen molar-refractivity contribution in [3.05, 3.63) is 41.6 Å². The first-order valence-corrected chi connectivity index (χ1v) is 7.53. The van der Waals surface area contributed by atoms with Gasteiger partial charge in [-0.2, -0.15) is 0 Å². The number of hydrogen-bond acceptors (Lipinski definition) is 4. The van der Waals surface area contributed by atoms with E-state index < -0.39 is 12.1 Å². The van der Waals surface area contributed by atoms with Crippen LogP contribution in [-0.4, -0.2) is 52.7 Å². The van der Waals surface area contributed by atoms with Gasteiger partial charge in [0, 0.05) is 24.2 Å². The molecule has 1 aromatic heterocycles. The van der Waals surface area contributed by atoms with E-state index in [1.807, 2.05) is 31.2 Å². The molecule has 2 heterocycles. The molecule has 1 aromatic carbocycles. The van der Waals surface area contributed by atoms with Gasteiger partial charge in [-0.15, -0.1) is 0 Å². The molecule has 1 aliphatic rings. The number of carboxylic acid groups (broad SMARTS) is 1. The van der Waals surface area contributed by atoms with Crippen molar-refractivity contribution in [3.63, 3.8) is 0 Å². The molecule has 23 heavy (non-hydrogen) atoms. The predicted molar refractivity (Wildman–Crippen MR) is 84.4 cm³/mol. The van der Waals surface area contributed by atoms with Gasteiger partial charge < -0.3 is 14.7 Å². The van der Waals surface area contributed by atoms with E-state index in [9.17, 15) is 9.59 Å². The third-order valence-corrected chi connectivity index (χ3v) is 3.92. The first-order valence-electron chi connectivity index (χ1n) is 7.53. The molecule has 0 aliphatic carbocycles. The maximum absolute atomic E-state index is 12.8. The molecule has 0 radical (unpaired) electrons. The topological polar surface area (TPSA) is 79.7 Å². The van der Waals surface area contributed by atoms with Gasteiger partial charge >= 0.3 is 5.97 Å². The van der Waals surface area contributed by atoms with E-state index in [0.29, 0.717) is 24.2 Å². The summed E-state index contributed by atoms with van der Waals surface area (Å²) >= 11 is 0. The van der Waals surface area contributed by atoms with Crippen molar-refractivity contribution < 1.29 is 19.4 Å². The first-order chi connectivity index (χ1) is 11.0. The van der Waals surface area contributed by atoms with Crippen molar-refractivity contribution in [1.82, 2.24) is 9.88 Å². The van der Waals surface area contributed by atoms with Gasteiger partial charge in [-0.1, -0.05) is 18.2 Å². The number of carboxylic acids is 1. The number of pyridine rings is 1. The molecule has 0 spiro atoms. The van der Waals surface area contributed by atoms with Crippen LogP contribution < -0.4 is 0 Å². The summed E-state index contributed by atoms with van der Waals surface area (Å²) in [7, 11) is 0. The summed E-state index contributed by atoms with van der Waals surface area (Å²) in [5.74, 6) is -1.06. The van der Waals surface area contributed by atoms with Gasteiger partial charge in [0.15, 0.2) is 0 Å². The number of nitrogens with zero attached hydrogens (tertiary/aromatic N) is 2. The fourth-order valence-electron chi connectivity index (χ4n) is 2.81. The molecule has 120 valence electrons. The largest absolute Gasteiger partial charge is 0.481 e. The van der Waals surface area contributed by atoms with Crippen LogP contribution in [0, 0.1) is 6.92 Å². The fourth-order valence-corrected chi connectivity index (χ4v) is 2.81. The molecule has 0 saturated carbocycles. The van der Waals surface area contributed by atoms with E-state index in [1.165, 1.54) is 0 Å². The maximum Gasteiger partial charge on any atom is 0.306 e. The van der Waals surface area contributed by atoms with Crippen molar-refractivity contribution in [2.75, 3.05) is 19.7 Å². The molecular formula is C17H18N2O4. The molecule has 1 aliphatic heterocycles. The van der Waals surface area contributed by atoms with Crippen molar-refractivity contribution >= 4 is 22.8 Å². The molecule has 6 heteroatoms. The molecule has 1 amide bonds. The summed E-state index contributed by atoms with van der Waals surface area (Å²) in [6.45, 7) is 2.98. The molecule has 1 unspecified atom stereocenters. The zero-order chi connectivity index (χ0) is 16.4. The molecular weight excluding hydrogens is 296 g/mol. The highest BCUT2D eigenvalue weighted by molar-refractivity contribution is 6.05. The van der Waals surface area contributed by atoms with Crippen LogP contribution in [0.4, 0.5) is 0 Å². The number of benzene rings is 1. The minimum atomic E-state index is -0.924. The van der Waals surface area contributed by atoms with Crippen LogP contribution in [0.5, 0.6) is 0 Å². The van der Waals surface area contributed by atoms with Gasteiger partial charge in [-0.25, -0.2) is 0 Å². The van der Waals surface area contributed by atoms with E-state index in [1.54, 1.807) is 11.0 Å². The normalized spacial score (nSPS) is 18.1. The number of carbonyl (C=O) groups is 2. The summed E-state index contributed by atoms with van der Waals surface area (Å²) in [5, 5.41) is 9.80. The molecule has 3 rings (SSSR count). The Morgan fingerprint density at radius 2 is 2.17 bits per heavy atom. The molecule has 6 nitrogen and oxygen atoms in total. The van der Waals surface area contributed by atoms with E-state index in [0.717, 1.165) is 11.1 Å².